The first kappa shape index (κ1) is 13.5. The van der Waals surface area contributed by atoms with E-state index in [-0.39, 0.29) is 12.4 Å². The Kier molecular flexibility index (Phi) is 4.37. The van der Waals surface area contributed by atoms with Crippen LogP contribution in [0.4, 0.5) is 0 Å². The molecule has 1 N–H and O–H groups in total. The lowest BCUT2D eigenvalue weighted by Gasteiger charge is -2.25. The minimum Gasteiger partial charge on any atom is -0.339 e. The van der Waals surface area contributed by atoms with Crippen LogP contribution < -0.4 is 5.32 Å². The van der Waals surface area contributed by atoms with Gasteiger partial charge in [-0.2, -0.15) is 16.3 Å². The molecule has 1 fully saturated rings. The molecule has 6 heteroatoms. The van der Waals surface area contributed by atoms with Crippen molar-refractivity contribution >= 4 is 23.7 Å². The molecule has 1 aliphatic heterocycles. The number of nitrogens with zero attached hydrogens (tertiary/aromatic N) is 2. The third-order valence-electron chi connectivity index (χ3n) is 3.19. The zero-order valence-electron chi connectivity index (χ0n) is 10.1. The van der Waals surface area contributed by atoms with Gasteiger partial charge in [-0.25, -0.2) is 0 Å². The van der Waals surface area contributed by atoms with Gasteiger partial charge in [0.25, 0.3) is 0 Å². The molecular weight excluding hydrogens is 270 g/mol. The van der Waals surface area contributed by atoms with Crippen LogP contribution in [0.25, 0.3) is 11.4 Å². The maximum atomic E-state index is 5.39. The summed E-state index contributed by atoms with van der Waals surface area (Å²) in [5, 5.41) is 11.6. The Balaban J connectivity index is 0.00000120. The molecule has 2 aromatic rings. The molecule has 0 aliphatic carbocycles. The van der Waals surface area contributed by atoms with E-state index in [1.54, 1.807) is 11.3 Å². The second-order valence-corrected chi connectivity index (χ2v) is 5.32. The highest BCUT2D eigenvalue weighted by Gasteiger charge is 2.25. The molecule has 0 unspecified atom stereocenters. The van der Waals surface area contributed by atoms with E-state index in [4.69, 9.17) is 4.52 Å². The van der Waals surface area contributed by atoms with E-state index >= 15 is 0 Å². The second-order valence-electron chi connectivity index (χ2n) is 4.54. The number of nitrogens with one attached hydrogen (secondary N) is 1. The molecule has 4 nitrogen and oxygen atoms in total. The van der Waals surface area contributed by atoms with Crippen molar-refractivity contribution in [3.63, 3.8) is 0 Å². The van der Waals surface area contributed by atoms with Gasteiger partial charge >= 0.3 is 0 Å². The van der Waals surface area contributed by atoms with Crippen molar-refractivity contribution in [2.75, 3.05) is 6.54 Å². The van der Waals surface area contributed by atoms with Crippen molar-refractivity contribution < 1.29 is 4.52 Å². The van der Waals surface area contributed by atoms with Gasteiger partial charge in [-0.3, -0.25) is 0 Å². The zero-order valence-corrected chi connectivity index (χ0v) is 11.8. The Morgan fingerprint density at radius 1 is 1.50 bits per heavy atom. The lowest BCUT2D eigenvalue weighted by atomic mass is 9.93. The van der Waals surface area contributed by atoms with Gasteiger partial charge in [0.05, 0.1) is 0 Å². The van der Waals surface area contributed by atoms with E-state index in [2.05, 4.69) is 22.4 Å². The summed E-state index contributed by atoms with van der Waals surface area (Å²) in [6.45, 7) is 3.23. The van der Waals surface area contributed by atoms with Crippen molar-refractivity contribution in [1.82, 2.24) is 15.5 Å². The molecular formula is C12H16ClN3OS. The summed E-state index contributed by atoms with van der Waals surface area (Å²) in [6, 6.07) is 2.55. The van der Waals surface area contributed by atoms with Gasteiger partial charge < -0.3 is 9.84 Å². The predicted octanol–water partition coefficient (Wildman–Crippen LogP) is 3.08. The summed E-state index contributed by atoms with van der Waals surface area (Å²) in [6.07, 6.45) is 2.15. The van der Waals surface area contributed by atoms with Crippen molar-refractivity contribution in [1.29, 1.82) is 0 Å². The predicted molar refractivity (Wildman–Crippen MR) is 74.3 cm³/mol. The minimum atomic E-state index is 0. The van der Waals surface area contributed by atoms with E-state index in [0.29, 0.717) is 17.8 Å². The molecule has 98 valence electrons. The van der Waals surface area contributed by atoms with E-state index < -0.39 is 0 Å². The lowest BCUT2D eigenvalue weighted by molar-refractivity contribution is 0.295. The Morgan fingerprint density at radius 3 is 3.11 bits per heavy atom. The first-order valence-corrected chi connectivity index (χ1v) is 6.87. The number of hydrogen-bond donors (Lipinski definition) is 1. The van der Waals surface area contributed by atoms with Crippen molar-refractivity contribution in [2.45, 2.75) is 31.7 Å². The van der Waals surface area contributed by atoms with E-state index in [0.717, 1.165) is 30.8 Å². The first-order chi connectivity index (χ1) is 8.33. The van der Waals surface area contributed by atoms with Gasteiger partial charge in [0.2, 0.25) is 11.7 Å². The number of piperidine rings is 1. The van der Waals surface area contributed by atoms with Crippen LogP contribution in [-0.4, -0.2) is 22.7 Å². The smallest absolute Gasteiger partial charge is 0.230 e. The average molecular weight is 286 g/mol. The number of thiophene rings is 1. The van der Waals surface area contributed by atoms with Gasteiger partial charge in [0, 0.05) is 22.9 Å². The fourth-order valence-corrected chi connectivity index (χ4v) is 2.90. The van der Waals surface area contributed by atoms with E-state index in [9.17, 15) is 0 Å². The summed E-state index contributed by atoms with van der Waals surface area (Å²) in [5.74, 6) is 1.91. The normalized spacial score (nSPS) is 23.6. The summed E-state index contributed by atoms with van der Waals surface area (Å²) in [4.78, 5) is 4.51. The number of aromatic nitrogens is 2. The van der Waals surface area contributed by atoms with Crippen molar-refractivity contribution in [3.8, 4) is 11.4 Å². The van der Waals surface area contributed by atoms with Crippen LogP contribution in [-0.2, 0) is 0 Å². The quantitative estimate of drug-likeness (QED) is 0.921. The largest absolute Gasteiger partial charge is 0.339 e. The highest BCUT2D eigenvalue weighted by Crippen LogP contribution is 2.28. The Bertz CT molecular complexity index is 485. The topological polar surface area (TPSA) is 51.0 Å². The highest BCUT2D eigenvalue weighted by atomic mass is 35.5. The monoisotopic (exact) mass is 285 g/mol. The van der Waals surface area contributed by atoms with Crippen LogP contribution in [0.2, 0.25) is 0 Å². The summed E-state index contributed by atoms with van der Waals surface area (Å²) >= 11 is 1.65. The van der Waals surface area contributed by atoms with E-state index in [1.165, 1.54) is 0 Å². The van der Waals surface area contributed by atoms with Crippen LogP contribution in [0.15, 0.2) is 21.3 Å². The molecule has 3 rings (SSSR count). The van der Waals surface area contributed by atoms with Gasteiger partial charge in [0.1, 0.15) is 0 Å². The molecule has 1 aliphatic rings. The third-order valence-corrected chi connectivity index (χ3v) is 3.88. The third kappa shape index (κ3) is 2.74. The highest BCUT2D eigenvalue weighted by molar-refractivity contribution is 7.08. The van der Waals surface area contributed by atoms with Crippen LogP contribution >= 0.6 is 23.7 Å². The Morgan fingerprint density at radius 2 is 2.39 bits per heavy atom. The summed E-state index contributed by atoms with van der Waals surface area (Å²) in [7, 11) is 0. The molecule has 0 amide bonds. The molecule has 0 spiro atoms. The maximum Gasteiger partial charge on any atom is 0.230 e. The van der Waals surface area contributed by atoms with E-state index in [1.807, 2.05) is 16.8 Å². The lowest BCUT2D eigenvalue weighted by Crippen LogP contribution is -2.34. The van der Waals surface area contributed by atoms with Crippen LogP contribution in [0, 0.1) is 0 Å². The van der Waals surface area contributed by atoms with Crippen molar-refractivity contribution in [3.05, 3.63) is 22.7 Å². The molecule has 0 aromatic carbocycles. The fourth-order valence-electron chi connectivity index (χ4n) is 2.27. The van der Waals surface area contributed by atoms with Gasteiger partial charge in [-0.05, 0) is 37.8 Å². The number of rotatable bonds is 2. The molecule has 3 heterocycles. The van der Waals surface area contributed by atoms with Crippen LogP contribution in [0.3, 0.4) is 0 Å². The van der Waals surface area contributed by atoms with Gasteiger partial charge in [-0.15, -0.1) is 12.4 Å². The minimum absolute atomic E-state index is 0. The SMILES string of the molecule is C[C@H]1C[C@@H](c2nc(-c3ccsc3)no2)CCN1.Cl. The molecule has 1 saturated heterocycles. The first-order valence-electron chi connectivity index (χ1n) is 5.92. The zero-order chi connectivity index (χ0) is 11.7. The van der Waals surface area contributed by atoms with Gasteiger partial charge in [-0.1, -0.05) is 5.16 Å². The molecule has 2 aromatic heterocycles. The maximum absolute atomic E-state index is 5.39. The molecule has 0 radical (unpaired) electrons. The number of halogens is 1. The molecule has 0 bridgehead atoms. The molecule has 0 saturated carbocycles. The standard InChI is InChI=1S/C12H15N3OS.ClH/c1-8-6-9(2-4-13-8)12-14-11(15-16-12)10-3-5-17-7-10;/h3,5,7-9,13H,2,4,6H2,1H3;1H/t8-,9-;/m0./s1. The summed E-state index contributed by atoms with van der Waals surface area (Å²) < 4.78 is 5.39. The van der Waals surface area contributed by atoms with Crippen molar-refractivity contribution in [2.24, 2.45) is 0 Å². The summed E-state index contributed by atoms with van der Waals surface area (Å²) in [5.41, 5.74) is 1.05. The average Bonchev–Trinajstić information content (AvgIpc) is 3.00. The van der Waals surface area contributed by atoms with Crippen LogP contribution in [0.1, 0.15) is 31.6 Å². The fraction of sp³-hybridized carbons (Fsp3) is 0.500. The van der Waals surface area contributed by atoms with Crippen LogP contribution in [0.5, 0.6) is 0 Å². The molecule has 18 heavy (non-hydrogen) atoms. The molecule has 2 atom stereocenters. The second kappa shape index (κ2) is 5.82. The van der Waals surface area contributed by atoms with Gasteiger partial charge in [0.15, 0.2) is 0 Å². The number of hydrogen-bond acceptors (Lipinski definition) is 5. The Hall–Kier alpha value is -0.910. The Labute approximate surface area is 116 Å².